The van der Waals surface area contributed by atoms with Crippen LogP contribution in [0.1, 0.15) is 23.7 Å². The fraction of sp³-hybridized carbons (Fsp3) is 0.438. The Morgan fingerprint density at radius 2 is 2.19 bits per heavy atom. The molecule has 2 aromatic rings. The number of fused-ring (bicyclic) bond motifs is 1. The van der Waals surface area contributed by atoms with Crippen molar-refractivity contribution in [2.75, 3.05) is 18.0 Å². The Labute approximate surface area is 124 Å². The smallest absolute Gasteiger partial charge is 0.135 e. The van der Waals surface area contributed by atoms with E-state index in [0.29, 0.717) is 0 Å². The minimum absolute atomic E-state index is 0.187. The first-order chi connectivity index (χ1) is 10.1. The maximum absolute atomic E-state index is 13.6. The van der Waals surface area contributed by atoms with Gasteiger partial charge < -0.3 is 10.2 Å². The summed E-state index contributed by atoms with van der Waals surface area (Å²) in [5.74, 6) is 0.880. The first kappa shape index (κ1) is 14.1. The quantitative estimate of drug-likeness (QED) is 0.939. The lowest BCUT2D eigenvalue weighted by atomic mass is 10.1. The van der Waals surface area contributed by atoms with Crippen LogP contribution in [-0.2, 0) is 20.0 Å². The van der Waals surface area contributed by atoms with Crippen LogP contribution in [0.2, 0.25) is 0 Å². The van der Waals surface area contributed by atoms with E-state index in [1.165, 1.54) is 17.2 Å². The molecular weight excluding hydrogens is 267 g/mol. The SMILES string of the molecule is CCNCc1c(C)nn(C)c1N1CCc2ccc(F)cc21. The van der Waals surface area contributed by atoms with Gasteiger partial charge in [0.2, 0.25) is 0 Å². The normalized spacial score (nSPS) is 13.8. The van der Waals surface area contributed by atoms with Crippen LogP contribution < -0.4 is 10.2 Å². The fourth-order valence-corrected chi connectivity index (χ4v) is 3.06. The summed E-state index contributed by atoms with van der Waals surface area (Å²) in [5, 5.41) is 7.91. The van der Waals surface area contributed by atoms with E-state index in [-0.39, 0.29) is 5.82 Å². The average molecular weight is 288 g/mol. The van der Waals surface area contributed by atoms with E-state index in [1.807, 2.05) is 24.7 Å². The van der Waals surface area contributed by atoms with Gasteiger partial charge in [0.25, 0.3) is 0 Å². The zero-order valence-corrected chi connectivity index (χ0v) is 12.8. The Morgan fingerprint density at radius 3 is 2.95 bits per heavy atom. The average Bonchev–Trinajstić information content (AvgIpc) is 2.97. The lowest BCUT2D eigenvalue weighted by Crippen LogP contribution is -2.21. The molecule has 112 valence electrons. The maximum atomic E-state index is 13.6. The molecule has 2 heterocycles. The second-order valence-corrected chi connectivity index (χ2v) is 5.47. The zero-order chi connectivity index (χ0) is 15.0. The van der Waals surface area contributed by atoms with Crippen LogP contribution in [0.15, 0.2) is 18.2 Å². The van der Waals surface area contributed by atoms with Crippen molar-refractivity contribution in [3.63, 3.8) is 0 Å². The number of benzene rings is 1. The molecule has 0 saturated heterocycles. The first-order valence-electron chi connectivity index (χ1n) is 7.41. The number of aryl methyl sites for hydroxylation is 2. The van der Waals surface area contributed by atoms with Gasteiger partial charge in [0.1, 0.15) is 11.6 Å². The Bertz CT molecular complexity index is 663. The number of nitrogens with zero attached hydrogens (tertiary/aromatic N) is 3. The molecule has 4 nitrogen and oxygen atoms in total. The van der Waals surface area contributed by atoms with Gasteiger partial charge in [-0.25, -0.2) is 4.39 Å². The van der Waals surface area contributed by atoms with Gasteiger partial charge in [-0.05, 0) is 37.6 Å². The van der Waals surface area contributed by atoms with E-state index >= 15 is 0 Å². The molecule has 0 saturated carbocycles. The van der Waals surface area contributed by atoms with Crippen LogP contribution in [0.3, 0.4) is 0 Å². The predicted octanol–water partition coefficient (Wildman–Crippen LogP) is 2.67. The van der Waals surface area contributed by atoms with E-state index in [4.69, 9.17) is 0 Å². The largest absolute Gasteiger partial charge is 0.326 e. The molecule has 0 atom stereocenters. The molecule has 1 aliphatic rings. The van der Waals surface area contributed by atoms with E-state index < -0.39 is 0 Å². The van der Waals surface area contributed by atoms with Gasteiger partial charge in [-0.3, -0.25) is 4.68 Å². The summed E-state index contributed by atoms with van der Waals surface area (Å²) in [6.07, 6.45) is 0.945. The number of rotatable bonds is 4. The molecule has 0 spiro atoms. The molecule has 21 heavy (non-hydrogen) atoms. The van der Waals surface area contributed by atoms with Gasteiger partial charge in [0.05, 0.1) is 5.69 Å². The third-order valence-corrected chi connectivity index (χ3v) is 4.06. The number of aromatic nitrogens is 2. The number of hydrogen-bond donors (Lipinski definition) is 1. The second-order valence-electron chi connectivity index (χ2n) is 5.47. The highest BCUT2D eigenvalue weighted by molar-refractivity contribution is 5.70. The van der Waals surface area contributed by atoms with Crippen LogP contribution in [0.25, 0.3) is 0 Å². The molecular formula is C16H21FN4. The molecule has 1 aromatic heterocycles. The van der Waals surface area contributed by atoms with Crippen molar-refractivity contribution in [3.8, 4) is 0 Å². The predicted molar refractivity (Wildman–Crippen MR) is 82.4 cm³/mol. The fourth-order valence-electron chi connectivity index (χ4n) is 3.06. The molecule has 0 bridgehead atoms. The van der Waals surface area contributed by atoms with Gasteiger partial charge in [-0.2, -0.15) is 5.10 Å². The van der Waals surface area contributed by atoms with Crippen LogP contribution in [0.5, 0.6) is 0 Å². The minimum Gasteiger partial charge on any atom is -0.326 e. The van der Waals surface area contributed by atoms with Crippen LogP contribution in [0.4, 0.5) is 15.9 Å². The van der Waals surface area contributed by atoms with Crippen molar-refractivity contribution in [1.82, 2.24) is 15.1 Å². The molecule has 0 radical (unpaired) electrons. The van der Waals surface area contributed by atoms with Crippen molar-refractivity contribution < 1.29 is 4.39 Å². The van der Waals surface area contributed by atoms with Crippen molar-refractivity contribution in [2.24, 2.45) is 7.05 Å². The highest BCUT2D eigenvalue weighted by Crippen LogP contribution is 2.37. The first-order valence-corrected chi connectivity index (χ1v) is 7.41. The zero-order valence-electron chi connectivity index (χ0n) is 12.8. The number of nitrogens with one attached hydrogen (secondary N) is 1. The van der Waals surface area contributed by atoms with E-state index in [1.54, 1.807) is 6.07 Å². The highest BCUT2D eigenvalue weighted by Gasteiger charge is 2.26. The monoisotopic (exact) mass is 288 g/mol. The third kappa shape index (κ3) is 2.42. The van der Waals surface area contributed by atoms with E-state index in [2.05, 4.69) is 22.2 Å². The van der Waals surface area contributed by atoms with Gasteiger partial charge in [0.15, 0.2) is 0 Å². The Kier molecular flexibility index (Phi) is 3.68. The summed E-state index contributed by atoms with van der Waals surface area (Å²) >= 11 is 0. The summed E-state index contributed by atoms with van der Waals surface area (Å²) in [5.41, 5.74) is 4.38. The summed E-state index contributed by atoms with van der Waals surface area (Å²) in [4.78, 5) is 2.19. The number of anilines is 2. The second kappa shape index (κ2) is 5.48. The molecule has 1 aromatic carbocycles. The lowest BCUT2D eigenvalue weighted by Gasteiger charge is -2.21. The molecule has 1 aliphatic heterocycles. The van der Waals surface area contributed by atoms with Gasteiger partial charge >= 0.3 is 0 Å². The van der Waals surface area contributed by atoms with Gasteiger partial charge in [-0.1, -0.05) is 13.0 Å². The topological polar surface area (TPSA) is 33.1 Å². The number of hydrogen-bond acceptors (Lipinski definition) is 3. The molecule has 5 heteroatoms. The summed E-state index contributed by atoms with van der Waals surface area (Å²) in [6, 6.07) is 5.05. The molecule has 1 N–H and O–H groups in total. The molecule has 0 aliphatic carbocycles. The minimum atomic E-state index is -0.187. The van der Waals surface area contributed by atoms with Crippen molar-refractivity contribution in [2.45, 2.75) is 26.8 Å². The lowest BCUT2D eigenvalue weighted by molar-refractivity contribution is 0.627. The number of halogens is 1. The summed E-state index contributed by atoms with van der Waals surface area (Å²) in [7, 11) is 1.95. The van der Waals surface area contributed by atoms with Crippen molar-refractivity contribution >= 4 is 11.5 Å². The molecule has 0 fully saturated rings. The molecule has 3 rings (SSSR count). The Balaban J connectivity index is 2.04. The van der Waals surface area contributed by atoms with Crippen LogP contribution >= 0.6 is 0 Å². The van der Waals surface area contributed by atoms with Crippen molar-refractivity contribution in [3.05, 3.63) is 40.8 Å². The summed E-state index contributed by atoms with van der Waals surface area (Å²) in [6.45, 7) is 6.69. The van der Waals surface area contributed by atoms with Gasteiger partial charge in [-0.15, -0.1) is 0 Å². The molecule has 0 unspecified atom stereocenters. The molecule has 0 amide bonds. The Morgan fingerprint density at radius 1 is 1.38 bits per heavy atom. The third-order valence-electron chi connectivity index (χ3n) is 4.06. The highest BCUT2D eigenvalue weighted by atomic mass is 19.1. The van der Waals surface area contributed by atoms with Crippen LogP contribution in [0, 0.1) is 12.7 Å². The van der Waals surface area contributed by atoms with Gasteiger partial charge in [0, 0.05) is 31.4 Å². The van der Waals surface area contributed by atoms with Crippen LogP contribution in [-0.4, -0.2) is 22.9 Å². The van der Waals surface area contributed by atoms with Crippen molar-refractivity contribution in [1.29, 1.82) is 0 Å². The standard InChI is InChI=1S/C16H21FN4/c1-4-18-10-14-11(2)19-20(3)16(14)21-8-7-12-5-6-13(17)9-15(12)21/h5-6,9,18H,4,7-8,10H2,1-3H3. The van der Waals surface area contributed by atoms with E-state index in [0.717, 1.165) is 43.3 Å². The van der Waals surface area contributed by atoms with E-state index in [9.17, 15) is 4.39 Å². The maximum Gasteiger partial charge on any atom is 0.135 e. The Hall–Kier alpha value is -1.88. The summed E-state index contributed by atoms with van der Waals surface area (Å²) < 4.78 is 15.5.